The number of allylic oxidation sites excluding steroid dienone is 1. The molecule has 0 aliphatic heterocycles. The first-order valence-electron chi connectivity index (χ1n) is 6.74. The third kappa shape index (κ3) is 3.45. The lowest BCUT2D eigenvalue weighted by molar-refractivity contribution is -0.136. The Kier molecular flexibility index (Phi) is 5.00. The molecule has 1 aromatic heterocycles. The molecule has 0 saturated heterocycles. The van der Waals surface area contributed by atoms with Gasteiger partial charge in [-0.25, -0.2) is 4.79 Å². The Bertz CT molecular complexity index is 400. The first-order valence-corrected chi connectivity index (χ1v) is 7.62. The second-order valence-corrected chi connectivity index (χ2v) is 5.62. The van der Waals surface area contributed by atoms with Gasteiger partial charge >= 0.3 is 5.97 Å². The van der Waals surface area contributed by atoms with Crippen molar-refractivity contribution in [1.82, 2.24) is 0 Å². The van der Waals surface area contributed by atoms with Crippen LogP contribution in [0.25, 0.3) is 5.57 Å². The van der Waals surface area contributed by atoms with Crippen LogP contribution in [-0.4, -0.2) is 12.6 Å². The number of thiophene rings is 1. The Morgan fingerprint density at radius 2 is 2.22 bits per heavy atom. The lowest BCUT2D eigenvalue weighted by atomic mass is 9.87. The standard InChI is InChI=1S/C15H20O2S/c1-2-17-15(16)13(14-9-6-10-18-14)11-12-7-4-3-5-8-12/h6,9-12H,2-5,7-8H2,1H3/b13-11-. The molecule has 1 fully saturated rings. The number of carbonyl (C=O) groups is 1. The SMILES string of the molecule is CCOC(=O)/C(=C\C1CCCCC1)c1cccs1. The quantitative estimate of drug-likeness (QED) is 0.599. The second kappa shape index (κ2) is 6.74. The van der Waals surface area contributed by atoms with Gasteiger partial charge in [0.1, 0.15) is 0 Å². The van der Waals surface area contributed by atoms with Gasteiger partial charge in [-0.2, -0.15) is 0 Å². The van der Waals surface area contributed by atoms with Gasteiger partial charge in [-0.05, 0) is 37.1 Å². The maximum atomic E-state index is 12.0. The molecule has 1 aromatic rings. The third-order valence-electron chi connectivity index (χ3n) is 3.33. The van der Waals surface area contributed by atoms with Gasteiger partial charge in [-0.3, -0.25) is 0 Å². The van der Waals surface area contributed by atoms with E-state index >= 15 is 0 Å². The van der Waals surface area contributed by atoms with E-state index in [1.54, 1.807) is 11.3 Å². The molecule has 98 valence electrons. The molecule has 0 aromatic carbocycles. The van der Waals surface area contributed by atoms with Crippen LogP contribution in [0.2, 0.25) is 0 Å². The molecule has 18 heavy (non-hydrogen) atoms. The largest absolute Gasteiger partial charge is 0.462 e. The van der Waals surface area contributed by atoms with Crippen molar-refractivity contribution in [2.45, 2.75) is 39.0 Å². The van der Waals surface area contributed by atoms with Gasteiger partial charge in [0.25, 0.3) is 0 Å². The molecule has 2 nitrogen and oxygen atoms in total. The average Bonchev–Trinajstić information content (AvgIpc) is 2.91. The molecule has 1 saturated carbocycles. The molecule has 0 atom stereocenters. The van der Waals surface area contributed by atoms with Crippen molar-refractivity contribution in [1.29, 1.82) is 0 Å². The minimum Gasteiger partial charge on any atom is -0.462 e. The van der Waals surface area contributed by atoms with Crippen molar-refractivity contribution in [3.8, 4) is 0 Å². The summed E-state index contributed by atoms with van der Waals surface area (Å²) in [6.45, 7) is 2.29. The summed E-state index contributed by atoms with van der Waals surface area (Å²) in [5.41, 5.74) is 0.763. The smallest absolute Gasteiger partial charge is 0.339 e. The first kappa shape index (κ1) is 13.3. The Hall–Kier alpha value is -1.09. The van der Waals surface area contributed by atoms with Crippen LogP contribution in [0.15, 0.2) is 23.6 Å². The fraction of sp³-hybridized carbons (Fsp3) is 0.533. The van der Waals surface area contributed by atoms with Gasteiger partial charge in [-0.1, -0.05) is 31.4 Å². The van der Waals surface area contributed by atoms with E-state index in [-0.39, 0.29) is 5.97 Å². The lowest BCUT2D eigenvalue weighted by Gasteiger charge is -2.19. The topological polar surface area (TPSA) is 26.3 Å². The van der Waals surface area contributed by atoms with Crippen LogP contribution in [0.1, 0.15) is 43.9 Å². The van der Waals surface area contributed by atoms with Crippen molar-refractivity contribution in [2.75, 3.05) is 6.61 Å². The normalized spacial score (nSPS) is 17.7. The van der Waals surface area contributed by atoms with Crippen molar-refractivity contribution in [3.05, 3.63) is 28.5 Å². The number of hydrogen-bond donors (Lipinski definition) is 0. The minimum atomic E-state index is -0.175. The fourth-order valence-corrected chi connectivity index (χ4v) is 3.17. The zero-order chi connectivity index (χ0) is 12.8. The van der Waals surface area contributed by atoms with E-state index in [0.717, 1.165) is 10.5 Å². The molecule has 3 heteroatoms. The number of esters is 1. The maximum Gasteiger partial charge on any atom is 0.339 e. The van der Waals surface area contributed by atoms with Gasteiger partial charge < -0.3 is 4.74 Å². The summed E-state index contributed by atoms with van der Waals surface area (Å²) in [4.78, 5) is 13.1. The highest BCUT2D eigenvalue weighted by Gasteiger charge is 2.18. The van der Waals surface area contributed by atoms with E-state index in [9.17, 15) is 4.79 Å². The van der Waals surface area contributed by atoms with Crippen molar-refractivity contribution >= 4 is 22.9 Å². The summed E-state index contributed by atoms with van der Waals surface area (Å²) < 4.78 is 5.17. The first-order chi connectivity index (χ1) is 8.81. The van der Waals surface area contributed by atoms with E-state index in [2.05, 4.69) is 6.08 Å². The number of rotatable bonds is 4. The van der Waals surface area contributed by atoms with Gasteiger partial charge in [0.05, 0.1) is 12.2 Å². The second-order valence-electron chi connectivity index (χ2n) is 4.68. The minimum absolute atomic E-state index is 0.175. The highest BCUT2D eigenvalue weighted by molar-refractivity contribution is 7.11. The highest BCUT2D eigenvalue weighted by Crippen LogP contribution is 2.30. The van der Waals surface area contributed by atoms with Gasteiger partial charge in [0, 0.05) is 4.88 Å². The molecule has 0 unspecified atom stereocenters. The van der Waals surface area contributed by atoms with Gasteiger partial charge in [0.15, 0.2) is 0 Å². The molecule has 0 spiro atoms. The van der Waals surface area contributed by atoms with E-state index in [4.69, 9.17) is 4.74 Å². The van der Waals surface area contributed by atoms with E-state index < -0.39 is 0 Å². The summed E-state index contributed by atoms with van der Waals surface area (Å²) >= 11 is 1.60. The Morgan fingerprint density at radius 3 is 2.83 bits per heavy atom. The van der Waals surface area contributed by atoms with Crippen LogP contribution >= 0.6 is 11.3 Å². The monoisotopic (exact) mass is 264 g/mol. The molecule has 1 aliphatic carbocycles. The van der Waals surface area contributed by atoms with Crippen molar-refractivity contribution in [2.24, 2.45) is 5.92 Å². The summed E-state index contributed by atoms with van der Waals surface area (Å²) in [6.07, 6.45) is 8.44. The van der Waals surface area contributed by atoms with Crippen LogP contribution in [0.3, 0.4) is 0 Å². The summed E-state index contributed by atoms with van der Waals surface area (Å²) in [7, 11) is 0. The van der Waals surface area contributed by atoms with Crippen LogP contribution in [0.4, 0.5) is 0 Å². The Morgan fingerprint density at radius 1 is 1.44 bits per heavy atom. The molecule has 1 aliphatic rings. The Labute approximate surface area is 113 Å². The number of carbonyl (C=O) groups excluding carboxylic acids is 1. The molecular formula is C15H20O2S. The van der Waals surface area contributed by atoms with Crippen molar-refractivity contribution < 1.29 is 9.53 Å². The molecule has 2 rings (SSSR count). The molecule has 1 heterocycles. The fourth-order valence-electron chi connectivity index (χ4n) is 2.43. The molecule has 0 amide bonds. The molecular weight excluding hydrogens is 244 g/mol. The van der Waals surface area contributed by atoms with Gasteiger partial charge in [-0.15, -0.1) is 11.3 Å². The zero-order valence-electron chi connectivity index (χ0n) is 10.9. The Balaban J connectivity index is 2.18. The average molecular weight is 264 g/mol. The number of ether oxygens (including phenoxy) is 1. The van der Waals surface area contributed by atoms with Crippen LogP contribution in [0, 0.1) is 5.92 Å². The zero-order valence-corrected chi connectivity index (χ0v) is 11.7. The van der Waals surface area contributed by atoms with Gasteiger partial charge in [0.2, 0.25) is 0 Å². The van der Waals surface area contributed by atoms with E-state index in [1.165, 1.54) is 32.1 Å². The number of hydrogen-bond acceptors (Lipinski definition) is 3. The van der Waals surface area contributed by atoms with Crippen LogP contribution in [-0.2, 0) is 9.53 Å². The predicted octanol–water partition coefficient (Wildman–Crippen LogP) is 4.27. The third-order valence-corrected chi connectivity index (χ3v) is 4.24. The highest BCUT2D eigenvalue weighted by atomic mass is 32.1. The van der Waals surface area contributed by atoms with E-state index in [0.29, 0.717) is 12.5 Å². The molecule has 0 N–H and O–H groups in total. The van der Waals surface area contributed by atoms with E-state index in [1.807, 2.05) is 24.4 Å². The molecule has 0 radical (unpaired) electrons. The summed E-state index contributed by atoms with van der Waals surface area (Å²) in [5.74, 6) is 0.366. The van der Waals surface area contributed by atoms with Crippen LogP contribution in [0.5, 0.6) is 0 Å². The lowest BCUT2D eigenvalue weighted by Crippen LogP contribution is -2.10. The van der Waals surface area contributed by atoms with Crippen LogP contribution < -0.4 is 0 Å². The summed E-state index contributed by atoms with van der Waals surface area (Å²) in [5, 5.41) is 2.00. The molecule has 0 bridgehead atoms. The maximum absolute atomic E-state index is 12.0. The summed E-state index contributed by atoms with van der Waals surface area (Å²) in [6, 6.07) is 3.98. The van der Waals surface area contributed by atoms with Crippen molar-refractivity contribution in [3.63, 3.8) is 0 Å². The predicted molar refractivity (Wildman–Crippen MR) is 75.5 cm³/mol.